The molecule has 0 aromatic rings. The Kier molecular flexibility index (Phi) is 5.81. The number of hydrogen-bond acceptors (Lipinski definition) is 5. The molecule has 1 atom stereocenters. The Morgan fingerprint density at radius 2 is 1.94 bits per heavy atom. The average molecular weight is 233 g/mol. The molecule has 1 amide bonds. The van der Waals surface area contributed by atoms with E-state index >= 15 is 0 Å². The van der Waals surface area contributed by atoms with E-state index in [2.05, 4.69) is 10.1 Å². The highest BCUT2D eigenvalue weighted by Crippen LogP contribution is 2.06. The summed E-state index contributed by atoms with van der Waals surface area (Å²) in [6.45, 7) is 6.29. The number of esters is 1. The van der Waals surface area contributed by atoms with Crippen molar-refractivity contribution in [2.24, 2.45) is 0 Å². The molecule has 0 aliphatic carbocycles. The summed E-state index contributed by atoms with van der Waals surface area (Å²) in [6, 6.07) is 0. The minimum atomic E-state index is -0.717. The Bertz CT molecular complexity index is 244. The monoisotopic (exact) mass is 233 g/mol. The number of ether oxygens (including phenoxy) is 2. The lowest BCUT2D eigenvalue weighted by Crippen LogP contribution is -2.36. The Balaban J connectivity index is 3.72. The molecule has 0 spiro atoms. The molecule has 0 aliphatic rings. The van der Waals surface area contributed by atoms with E-state index in [1.807, 2.05) is 0 Å². The molecule has 0 rings (SSSR count). The molecule has 0 aromatic heterocycles. The summed E-state index contributed by atoms with van der Waals surface area (Å²) in [5, 5.41) is 11.1. The van der Waals surface area contributed by atoms with Gasteiger partial charge in [-0.1, -0.05) is 0 Å². The first-order chi connectivity index (χ1) is 7.20. The molecule has 1 unspecified atom stereocenters. The van der Waals surface area contributed by atoms with E-state index in [-0.39, 0.29) is 13.2 Å². The lowest BCUT2D eigenvalue weighted by molar-refractivity contribution is -0.145. The molecule has 0 aliphatic heterocycles. The van der Waals surface area contributed by atoms with Crippen LogP contribution in [-0.2, 0) is 14.3 Å². The lowest BCUT2D eigenvalue weighted by atomic mass is 10.2. The second kappa shape index (κ2) is 6.32. The van der Waals surface area contributed by atoms with E-state index in [1.165, 1.54) is 6.92 Å². The number of alkyl carbamates (subject to hydrolysis) is 1. The highest BCUT2D eigenvalue weighted by molar-refractivity contribution is 5.77. The topological polar surface area (TPSA) is 84.9 Å². The van der Waals surface area contributed by atoms with Gasteiger partial charge in [-0.2, -0.15) is 0 Å². The van der Waals surface area contributed by atoms with Gasteiger partial charge in [0.05, 0.1) is 6.10 Å². The van der Waals surface area contributed by atoms with Gasteiger partial charge in [0.25, 0.3) is 0 Å². The van der Waals surface area contributed by atoms with Gasteiger partial charge in [-0.3, -0.25) is 4.79 Å². The normalized spacial score (nSPS) is 12.8. The van der Waals surface area contributed by atoms with Crippen LogP contribution < -0.4 is 5.32 Å². The van der Waals surface area contributed by atoms with Crippen LogP contribution in [0.3, 0.4) is 0 Å². The molecule has 0 fully saturated rings. The first kappa shape index (κ1) is 14.7. The number of nitrogens with one attached hydrogen (secondary N) is 1. The summed E-state index contributed by atoms with van der Waals surface area (Å²) in [5.74, 6) is -0.619. The molecule has 6 nitrogen and oxygen atoms in total. The maximum absolute atomic E-state index is 11.1. The summed E-state index contributed by atoms with van der Waals surface area (Å²) >= 11 is 0. The van der Waals surface area contributed by atoms with E-state index < -0.39 is 23.8 Å². The third kappa shape index (κ3) is 9.26. The first-order valence-electron chi connectivity index (χ1n) is 5.01. The summed E-state index contributed by atoms with van der Waals surface area (Å²) in [6.07, 6.45) is -1.40. The Morgan fingerprint density at radius 3 is 2.38 bits per heavy atom. The first-order valence-corrected chi connectivity index (χ1v) is 5.01. The SMILES string of the molecule is CC(O)COC(=O)CNC(=O)OC(C)(C)C. The second-order valence-electron chi connectivity index (χ2n) is 4.39. The number of carbonyl (C=O) groups excluding carboxylic acids is 2. The standard InChI is InChI=1S/C10H19NO5/c1-7(12)6-15-8(13)5-11-9(14)16-10(2,3)4/h7,12H,5-6H2,1-4H3,(H,11,14). The predicted octanol–water partition coefficient (Wildman–Crippen LogP) is 0.435. The Morgan fingerprint density at radius 1 is 1.38 bits per heavy atom. The Labute approximate surface area is 94.9 Å². The molecule has 0 bridgehead atoms. The van der Waals surface area contributed by atoms with Crippen LogP contribution in [0.25, 0.3) is 0 Å². The van der Waals surface area contributed by atoms with Crippen molar-refractivity contribution in [2.75, 3.05) is 13.2 Å². The maximum Gasteiger partial charge on any atom is 0.408 e. The molecular weight excluding hydrogens is 214 g/mol. The van der Waals surface area contributed by atoms with Crippen molar-refractivity contribution in [2.45, 2.75) is 39.4 Å². The van der Waals surface area contributed by atoms with E-state index in [4.69, 9.17) is 9.84 Å². The van der Waals surface area contributed by atoms with E-state index in [0.717, 1.165) is 0 Å². The minimum Gasteiger partial charge on any atom is -0.462 e. The zero-order valence-corrected chi connectivity index (χ0v) is 10.1. The molecule has 0 aromatic carbocycles. The average Bonchev–Trinajstić information content (AvgIpc) is 2.08. The van der Waals surface area contributed by atoms with Crippen LogP contribution in [0.2, 0.25) is 0 Å². The van der Waals surface area contributed by atoms with Gasteiger partial charge in [0.2, 0.25) is 0 Å². The molecule has 94 valence electrons. The van der Waals surface area contributed by atoms with Crippen LogP contribution in [0.5, 0.6) is 0 Å². The van der Waals surface area contributed by atoms with Crippen LogP contribution in [-0.4, -0.2) is 42.0 Å². The van der Waals surface area contributed by atoms with Crippen LogP contribution in [0, 0.1) is 0 Å². The summed E-state index contributed by atoms with van der Waals surface area (Å²) < 4.78 is 9.53. The minimum absolute atomic E-state index is 0.0885. The quantitative estimate of drug-likeness (QED) is 0.688. The van der Waals surface area contributed by atoms with Gasteiger partial charge in [0.15, 0.2) is 0 Å². The van der Waals surface area contributed by atoms with Gasteiger partial charge in [-0.05, 0) is 27.7 Å². The predicted molar refractivity (Wildman–Crippen MR) is 56.9 cm³/mol. The maximum atomic E-state index is 11.1. The molecule has 0 heterocycles. The fourth-order valence-electron chi connectivity index (χ4n) is 0.723. The van der Waals surface area contributed by atoms with Crippen molar-refractivity contribution >= 4 is 12.1 Å². The number of rotatable bonds is 4. The Hall–Kier alpha value is -1.30. The number of carbonyl (C=O) groups is 2. The van der Waals surface area contributed by atoms with Gasteiger partial charge in [-0.15, -0.1) is 0 Å². The summed E-state index contributed by atoms with van der Waals surface area (Å²) in [5.41, 5.74) is -0.604. The number of aliphatic hydroxyl groups excluding tert-OH is 1. The van der Waals surface area contributed by atoms with Crippen LogP contribution in [0.1, 0.15) is 27.7 Å². The fraction of sp³-hybridized carbons (Fsp3) is 0.800. The largest absolute Gasteiger partial charge is 0.462 e. The molecule has 0 saturated heterocycles. The number of amides is 1. The number of aliphatic hydroxyl groups is 1. The van der Waals surface area contributed by atoms with Crippen molar-refractivity contribution in [1.29, 1.82) is 0 Å². The summed E-state index contributed by atoms with van der Waals surface area (Å²) in [7, 11) is 0. The molecular formula is C10H19NO5. The molecule has 16 heavy (non-hydrogen) atoms. The van der Waals surface area contributed by atoms with Crippen molar-refractivity contribution in [3.63, 3.8) is 0 Å². The van der Waals surface area contributed by atoms with Crippen molar-refractivity contribution < 1.29 is 24.2 Å². The third-order valence-corrected chi connectivity index (χ3v) is 1.26. The lowest BCUT2D eigenvalue weighted by Gasteiger charge is -2.19. The van der Waals surface area contributed by atoms with Gasteiger partial charge in [0, 0.05) is 0 Å². The van der Waals surface area contributed by atoms with E-state index in [0.29, 0.717) is 0 Å². The highest BCUT2D eigenvalue weighted by atomic mass is 16.6. The van der Waals surface area contributed by atoms with Crippen molar-refractivity contribution in [3.05, 3.63) is 0 Å². The summed E-state index contributed by atoms with van der Waals surface area (Å²) in [4.78, 5) is 22.1. The van der Waals surface area contributed by atoms with Crippen molar-refractivity contribution in [1.82, 2.24) is 5.32 Å². The fourth-order valence-corrected chi connectivity index (χ4v) is 0.723. The van der Waals surface area contributed by atoms with Gasteiger partial charge < -0.3 is 19.9 Å². The molecule has 2 N–H and O–H groups in total. The second-order valence-corrected chi connectivity index (χ2v) is 4.39. The van der Waals surface area contributed by atoms with Gasteiger partial charge in [-0.25, -0.2) is 4.79 Å². The van der Waals surface area contributed by atoms with Crippen molar-refractivity contribution in [3.8, 4) is 0 Å². The third-order valence-electron chi connectivity index (χ3n) is 1.26. The molecule has 0 saturated carbocycles. The number of hydrogen-bond donors (Lipinski definition) is 2. The van der Waals surface area contributed by atoms with Crippen LogP contribution >= 0.6 is 0 Å². The van der Waals surface area contributed by atoms with E-state index in [1.54, 1.807) is 20.8 Å². The highest BCUT2D eigenvalue weighted by Gasteiger charge is 2.16. The van der Waals surface area contributed by atoms with Gasteiger partial charge >= 0.3 is 12.1 Å². The molecule has 6 heteroatoms. The van der Waals surface area contributed by atoms with Gasteiger partial charge in [0.1, 0.15) is 18.8 Å². The zero-order chi connectivity index (χ0) is 12.8. The smallest absolute Gasteiger partial charge is 0.408 e. The van der Waals surface area contributed by atoms with Crippen LogP contribution in [0.4, 0.5) is 4.79 Å². The molecule has 0 radical (unpaired) electrons. The van der Waals surface area contributed by atoms with Crippen LogP contribution in [0.15, 0.2) is 0 Å². The van der Waals surface area contributed by atoms with E-state index in [9.17, 15) is 9.59 Å². The zero-order valence-electron chi connectivity index (χ0n) is 10.1.